The van der Waals surface area contributed by atoms with Gasteiger partial charge in [0.25, 0.3) is 0 Å². The molecule has 1 atom stereocenters. The van der Waals surface area contributed by atoms with E-state index in [1.54, 1.807) is 0 Å². The molecule has 6 nitrogen and oxygen atoms in total. The zero-order valence-electron chi connectivity index (χ0n) is 15.2. The van der Waals surface area contributed by atoms with Crippen LogP contribution in [0.25, 0.3) is 0 Å². The first-order valence-electron chi connectivity index (χ1n) is 9.33. The second-order valence-corrected chi connectivity index (χ2v) is 7.16. The molecule has 1 aromatic heterocycles. The van der Waals surface area contributed by atoms with Crippen molar-refractivity contribution in [1.82, 2.24) is 14.5 Å². The van der Waals surface area contributed by atoms with Crippen molar-refractivity contribution in [3.8, 4) is 11.5 Å². The predicted octanol–water partition coefficient (Wildman–Crippen LogP) is 2.79. The molecule has 2 aliphatic rings. The third kappa shape index (κ3) is 3.69. The van der Waals surface area contributed by atoms with Crippen LogP contribution in [0.5, 0.6) is 11.5 Å². The van der Waals surface area contributed by atoms with Crippen LogP contribution in [0.15, 0.2) is 30.6 Å². The Morgan fingerprint density at radius 1 is 1.31 bits per heavy atom. The summed E-state index contributed by atoms with van der Waals surface area (Å²) in [6.45, 7) is 4.97. The zero-order chi connectivity index (χ0) is 17.9. The van der Waals surface area contributed by atoms with Crippen LogP contribution in [0.3, 0.4) is 0 Å². The predicted molar refractivity (Wildman–Crippen MR) is 97.2 cm³/mol. The van der Waals surface area contributed by atoms with Gasteiger partial charge in [0.2, 0.25) is 12.7 Å². The lowest BCUT2D eigenvalue weighted by atomic mass is 9.97. The number of amides is 1. The van der Waals surface area contributed by atoms with E-state index < -0.39 is 0 Å². The first kappa shape index (κ1) is 16.9. The van der Waals surface area contributed by atoms with E-state index in [4.69, 9.17) is 9.47 Å². The van der Waals surface area contributed by atoms with Crippen molar-refractivity contribution in [2.75, 3.05) is 19.9 Å². The van der Waals surface area contributed by atoms with Gasteiger partial charge in [-0.15, -0.1) is 0 Å². The third-order valence-electron chi connectivity index (χ3n) is 5.31. The van der Waals surface area contributed by atoms with Crippen molar-refractivity contribution in [2.45, 2.75) is 39.2 Å². The number of hydrogen-bond acceptors (Lipinski definition) is 4. The molecule has 3 heterocycles. The standard InChI is InChI=1S/C20H25N3O3/c1-15-21-8-10-22(15)12-17-3-2-9-23(13-17)20(24)7-5-16-4-6-18-19(11-16)26-14-25-18/h4,6,8,10-11,17H,2-3,5,7,9,12-14H2,1H3/t17-/m1/s1. The topological polar surface area (TPSA) is 56.6 Å². The number of likely N-dealkylation sites (tertiary alicyclic amines) is 1. The molecule has 0 saturated carbocycles. The number of rotatable bonds is 5. The summed E-state index contributed by atoms with van der Waals surface area (Å²) < 4.78 is 12.9. The molecule has 0 bridgehead atoms. The van der Waals surface area contributed by atoms with Gasteiger partial charge in [-0.05, 0) is 49.8 Å². The number of hydrogen-bond donors (Lipinski definition) is 0. The number of imidazole rings is 1. The van der Waals surface area contributed by atoms with E-state index in [0.29, 0.717) is 12.3 Å². The monoisotopic (exact) mass is 355 g/mol. The molecule has 26 heavy (non-hydrogen) atoms. The first-order chi connectivity index (χ1) is 12.7. The summed E-state index contributed by atoms with van der Waals surface area (Å²) in [4.78, 5) is 19.0. The van der Waals surface area contributed by atoms with Crippen LogP contribution in [0.2, 0.25) is 0 Å². The minimum Gasteiger partial charge on any atom is -0.454 e. The van der Waals surface area contributed by atoms with Crippen LogP contribution in [-0.4, -0.2) is 40.2 Å². The average molecular weight is 355 g/mol. The van der Waals surface area contributed by atoms with E-state index in [1.807, 2.05) is 42.4 Å². The Labute approximate surface area is 153 Å². The Morgan fingerprint density at radius 2 is 2.19 bits per heavy atom. The fourth-order valence-corrected chi connectivity index (χ4v) is 3.82. The molecular weight excluding hydrogens is 330 g/mol. The van der Waals surface area contributed by atoms with E-state index in [0.717, 1.165) is 55.4 Å². The molecule has 6 heteroatoms. The Hall–Kier alpha value is -2.50. The van der Waals surface area contributed by atoms with Gasteiger partial charge >= 0.3 is 0 Å². The largest absolute Gasteiger partial charge is 0.454 e. The molecule has 0 spiro atoms. The summed E-state index contributed by atoms with van der Waals surface area (Å²) in [6, 6.07) is 5.92. The highest BCUT2D eigenvalue weighted by atomic mass is 16.7. The molecule has 2 aliphatic heterocycles. The van der Waals surface area contributed by atoms with Gasteiger partial charge < -0.3 is 18.9 Å². The number of ether oxygens (including phenoxy) is 2. The van der Waals surface area contributed by atoms with Crippen LogP contribution in [0.1, 0.15) is 30.7 Å². The van der Waals surface area contributed by atoms with Crippen LogP contribution in [0, 0.1) is 12.8 Å². The summed E-state index contributed by atoms with van der Waals surface area (Å²) in [7, 11) is 0. The van der Waals surface area contributed by atoms with Gasteiger partial charge in [-0.1, -0.05) is 6.07 Å². The Bertz CT molecular complexity index is 786. The van der Waals surface area contributed by atoms with Crippen molar-refractivity contribution in [3.05, 3.63) is 42.0 Å². The molecule has 0 N–H and O–H groups in total. The second kappa shape index (κ2) is 7.40. The maximum absolute atomic E-state index is 12.7. The molecular formula is C20H25N3O3. The first-order valence-corrected chi connectivity index (χ1v) is 9.33. The van der Waals surface area contributed by atoms with Crippen molar-refractivity contribution in [3.63, 3.8) is 0 Å². The molecule has 1 aromatic carbocycles. The minimum atomic E-state index is 0.245. The second-order valence-electron chi connectivity index (χ2n) is 7.16. The van der Waals surface area contributed by atoms with Crippen LogP contribution in [0.4, 0.5) is 0 Å². The smallest absolute Gasteiger partial charge is 0.231 e. The van der Waals surface area contributed by atoms with Crippen molar-refractivity contribution in [2.24, 2.45) is 5.92 Å². The van der Waals surface area contributed by atoms with Crippen molar-refractivity contribution in [1.29, 1.82) is 0 Å². The quantitative estimate of drug-likeness (QED) is 0.828. The number of nitrogens with zero attached hydrogens (tertiary/aromatic N) is 3. The van der Waals surface area contributed by atoms with Gasteiger partial charge in [-0.25, -0.2) is 4.98 Å². The number of carbonyl (C=O) groups excluding carboxylic acids is 1. The summed E-state index contributed by atoms with van der Waals surface area (Å²) in [5.74, 6) is 3.36. The molecule has 4 rings (SSSR count). The highest BCUT2D eigenvalue weighted by Crippen LogP contribution is 2.32. The fraction of sp³-hybridized carbons (Fsp3) is 0.500. The van der Waals surface area contributed by atoms with Crippen LogP contribution in [-0.2, 0) is 17.8 Å². The summed E-state index contributed by atoms with van der Waals surface area (Å²) in [5, 5.41) is 0. The lowest BCUT2D eigenvalue weighted by Gasteiger charge is -2.33. The van der Waals surface area contributed by atoms with Crippen LogP contribution >= 0.6 is 0 Å². The fourth-order valence-electron chi connectivity index (χ4n) is 3.82. The number of fused-ring (bicyclic) bond motifs is 1. The molecule has 138 valence electrons. The van der Waals surface area contributed by atoms with Gasteiger partial charge in [0, 0.05) is 38.4 Å². The molecule has 1 amide bonds. The molecule has 1 fully saturated rings. The van der Waals surface area contributed by atoms with E-state index in [9.17, 15) is 4.79 Å². The number of benzene rings is 1. The third-order valence-corrected chi connectivity index (χ3v) is 5.31. The lowest BCUT2D eigenvalue weighted by Crippen LogP contribution is -2.41. The summed E-state index contributed by atoms with van der Waals surface area (Å²) in [5.41, 5.74) is 1.12. The highest BCUT2D eigenvalue weighted by Gasteiger charge is 2.24. The van der Waals surface area contributed by atoms with Gasteiger partial charge in [0.15, 0.2) is 11.5 Å². The Morgan fingerprint density at radius 3 is 3.04 bits per heavy atom. The number of aryl methyl sites for hydroxylation is 2. The summed E-state index contributed by atoms with van der Waals surface area (Å²) in [6.07, 6.45) is 7.38. The SMILES string of the molecule is Cc1nccn1C[C@H]1CCCN(C(=O)CCc2ccc3c(c2)OCO3)C1. The molecule has 0 radical (unpaired) electrons. The zero-order valence-corrected chi connectivity index (χ0v) is 15.2. The van der Waals surface area contributed by atoms with Crippen molar-refractivity contribution < 1.29 is 14.3 Å². The maximum Gasteiger partial charge on any atom is 0.231 e. The number of piperidine rings is 1. The Balaban J connectivity index is 1.30. The Kier molecular flexibility index (Phi) is 4.82. The summed E-state index contributed by atoms with van der Waals surface area (Å²) >= 11 is 0. The normalized spacial score (nSPS) is 19.0. The average Bonchev–Trinajstić information content (AvgIpc) is 3.28. The van der Waals surface area contributed by atoms with Crippen LogP contribution < -0.4 is 9.47 Å². The molecule has 0 aliphatic carbocycles. The number of carbonyl (C=O) groups is 1. The van der Waals surface area contributed by atoms with Gasteiger partial charge in [0.1, 0.15) is 5.82 Å². The maximum atomic E-state index is 12.7. The van der Waals surface area contributed by atoms with E-state index in [-0.39, 0.29) is 12.7 Å². The molecule has 1 saturated heterocycles. The van der Waals surface area contributed by atoms with E-state index >= 15 is 0 Å². The molecule has 0 unspecified atom stereocenters. The van der Waals surface area contributed by atoms with E-state index in [1.165, 1.54) is 6.42 Å². The molecule has 2 aromatic rings. The lowest BCUT2D eigenvalue weighted by molar-refractivity contribution is -0.133. The number of aromatic nitrogens is 2. The van der Waals surface area contributed by atoms with Gasteiger partial charge in [-0.2, -0.15) is 0 Å². The highest BCUT2D eigenvalue weighted by molar-refractivity contribution is 5.76. The minimum absolute atomic E-state index is 0.245. The van der Waals surface area contributed by atoms with Crippen molar-refractivity contribution >= 4 is 5.91 Å². The van der Waals surface area contributed by atoms with Gasteiger partial charge in [0.05, 0.1) is 0 Å². The van der Waals surface area contributed by atoms with E-state index in [2.05, 4.69) is 9.55 Å². The van der Waals surface area contributed by atoms with Gasteiger partial charge in [-0.3, -0.25) is 4.79 Å².